The predicted molar refractivity (Wildman–Crippen MR) is 109 cm³/mol. The fourth-order valence-electron chi connectivity index (χ4n) is 1.54. The summed E-state index contributed by atoms with van der Waals surface area (Å²) < 4.78 is -0.108. The summed E-state index contributed by atoms with van der Waals surface area (Å²) in [6.07, 6.45) is -1.05. The lowest BCUT2D eigenvalue weighted by Crippen LogP contribution is -2.56. The number of carbonyl (C=O) groups is 1. The number of rotatable bonds is 4. The number of hydrogen-bond acceptors (Lipinski definition) is 2. The van der Waals surface area contributed by atoms with Crippen LogP contribution in [0.4, 0.5) is 5.69 Å². The Hall–Kier alpha value is 0.500. The van der Waals surface area contributed by atoms with E-state index in [4.69, 9.17) is 58.6 Å². The fourth-order valence-corrected chi connectivity index (χ4v) is 3.70. The molecule has 0 spiro atoms. The Labute approximate surface area is 176 Å². The van der Waals surface area contributed by atoms with Gasteiger partial charge in [-0.05, 0) is 52.8 Å². The Balaban J connectivity index is 2.86. The molecule has 23 heavy (non-hydrogen) atoms. The lowest BCUT2D eigenvalue weighted by Gasteiger charge is -2.27. The summed E-state index contributed by atoms with van der Waals surface area (Å²) in [5.41, 5.74) is 1.68. The minimum Gasteiger partial charge on any atom is -0.339 e. The van der Waals surface area contributed by atoms with E-state index in [1.165, 1.54) is 0 Å². The molecule has 0 aliphatic heterocycles. The van der Waals surface area contributed by atoms with Gasteiger partial charge in [-0.2, -0.15) is 0 Å². The van der Waals surface area contributed by atoms with Crippen LogP contribution in [0.5, 0.6) is 0 Å². The number of alkyl halides is 4. The van der Waals surface area contributed by atoms with E-state index in [-0.39, 0.29) is 11.0 Å². The van der Waals surface area contributed by atoms with Gasteiger partial charge in [0.15, 0.2) is 5.11 Å². The lowest BCUT2D eigenvalue weighted by molar-refractivity contribution is -0.119. The summed E-state index contributed by atoms with van der Waals surface area (Å²) in [5, 5.41) is 8.34. The molecule has 0 saturated heterocycles. The van der Waals surface area contributed by atoms with E-state index in [0.29, 0.717) is 0 Å². The number of nitrogens with one attached hydrogen (secondary N) is 3. The maximum Gasteiger partial charge on any atom is 0.236 e. The van der Waals surface area contributed by atoms with Gasteiger partial charge in [-0.15, -0.1) is 11.6 Å². The molecule has 0 saturated carbocycles. The van der Waals surface area contributed by atoms with Gasteiger partial charge in [-0.25, -0.2) is 0 Å². The van der Waals surface area contributed by atoms with Crippen molar-refractivity contribution in [2.75, 3.05) is 11.2 Å². The molecule has 0 aliphatic carbocycles. The van der Waals surface area contributed by atoms with Gasteiger partial charge in [0.1, 0.15) is 12.0 Å². The predicted octanol–water partition coefficient (Wildman–Crippen LogP) is 4.86. The number of amides is 1. The molecule has 0 heterocycles. The molecule has 4 nitrogen and oxygen atoms in total. The smallest absolute Gasteiger partial charge is 0.236 e. The zero-order valence-corrected chi connectivity index (χ0v) is 18.5. The summed E-state index contributed by atoms with van der Waals surface area (Å²) in [7, 11) is 0. The number of halogens is 6. The average molecular weight is 547 g/mol. The first-order valence-electron chi connectivity index (χ1n) is 5.99. The quantitative estimate of drug-likeness (QED) is 0.287. The van der Waals surface area contributed by atoms with E-state index < -0.39 is 15.9 Å². The standard InChI is InChI=1S/C12H11Br2Cl4N3OS/c1-5-2-6(13)3-7(14)9(5)20-11(23)21-10(12(16,17)18)19-8(22)4-15/h2-3,10H,4H2,1H3,(H,19,22)(H2,20,21,23)/t10-/m1/s1. The van der Waals surface area contributed by atoms with Crippen LogP contribution in [0.25, 0.3) is 0 Å². The van der Waals surface area contributed by atoms with Crippen LogP contribution in [0.2, 0.25) is 0 Å². The first-order valence-corrected chi connectivity index (χ1v) is 9.66. The van der Waals surface area contributed by atoms with E-state index >= 15 is 0 Å². The molecule has 0 radical (unpaired) electrons. The van der Waals surface area contributed by atoms with Crippen molar-refractivity contribution < 1.29 is 4.79 Å². The fraction of sp³-hybridized carbons (Fsp3) is 0.333. The van der Waals surface area contributed by atoms with Gasteiger partial charge in [-0.1, -0.05) is 50.7 Å². The van der Waals surface area contributed by atoms with Gasteiger partial charge in [-0.3, -0.25) is 4.79 Å². The molecule has 3 N–H and O–H groups in total. The Morgan fingerprint density at radius 3 is 2.39 bits per heavy atom. The van der Waals surface area contributed by atoms with Gasteiger partial charge in [0.2, 0.25) is 9.70 Å². The Morgan fingerprint density at radius 1 is 1.30 bits per heavy atom. The van der Waals surface area contributed by atoms with Crippen LogP contribution in [-0.4, -0.2) is 26.9 Å². The maximum absolute atomic E-state index is 11.4. The molecule has 0 fully saturated rings. The van der Waals surface area contributed by atoms with E-state index in [1.807, 2.05) is 19.1 Å². The SMILES string of the molecule is Cc1cc(Br)cc(Br)c1NC(=S)N[C@@H](NC(=O)CCl)C(Cl)(Cl)Cl. The first-order chi connectivity index (χ1) is 10.5. The normalized spacial score (nSPS) is 12.5. The van der Waals surface area contributed by atoms with E-state index in [9.17, 15) is 4.79 Å². The number of hydrogen-bond donors (Lipinski definition) is 3. The molecule has 1 atom stereocenters. The molecule has 11 heteroatoms. The molecule has 128 valence electrons. The molecular formula is C12H11Br2Cl4N3OS. The van der Waals surface area contributed by atoms with Gasteiger partial charge in [0.25, 0.3) is 0 Å². The van der Waals surface area contributed by atoms with Gasteiger partial charge in [0.05, 0.1) is 5.69 Å². The second-order valence-electron chi connectivity index (χ2n) is 4.35. The largest absolute Gasteiger partial charge is 0.339 e. The molecule has 0 unspecified atom stereocenters. The molecule has 1 amide bonds. The second-order valence-corrected chi connectivity index (χ2v) is 9.17. The second kappa shape index (κ2) is 9.27. The third kappa shape index (κ3) is 7.10. The molecule has 1 aromatic carbocycles. The zero-order chi connectivity index (χ0) is 17.8. The summed E-state index contributed by atoms with van der Waals surface area (Å²) >= 11 is 35.0. The van der Waals surface area contributed by atoms with Crippen LogP contribution in [0.15, 0.2) is 21.1 Å². The highest BCUT2D eigenvalue weighted by atomic mass is 79.9. The van der Waals surface area contributed by atoms with Crippen molar-refractivity contribution in [3.63, 3.8) is 0 Å². The molecular weight excluding hydrogens is 536 g/mol. The van der Waals surface area contributed by atoms with Crippen molar-refractivity contribution in [3.8, 4) is 0 Å². The molecule has 1 rings (SSSR count). The minimum absolute atomic E-state index is 0.169. The number of thiocarbonyl (C=S) groups is 1. The summed E-state index contributed by atoms with van der Waals surface area (Å²) in [4.78, 5) is 11.4. The van der Waals surface area contributed by atoms with Crippen molar-refractivity contribution in [1.82, 2.24) is 10.6 Å². The monoisotopic (exact) mass is 543 g/mol. The van der Waals surface area contributed by atoms with Crippen molar-refractivity contribution in [2.24, 2.45) is 0 Å². The highest BCUT2D eigenvalue weighted by Crippen LogP contribution is 2.31. The molecule has 1 aromatic rings. The van der Waals surface area contributed by atoms with Crippen molar-refractivity contribution in [1.29, 1.82) is 0 Å². The van der Waals surface area contributed by atoms with Crippen molar-refractivity contribution in [3.05, 3.63) is 26.6 Å². The number of benzene rings is 1. The zero-order valence-electron chi connectivity index (χ0n) is 11.5. The lowest BCUT2D eigenvalue weighted by atomic mass is 10.2. The van der Waals surface area contributed by atoms with Gasteiger partial charge in [0, 0.05) is 8.95 Å². The van der Waals surface area contributed by atoms with Crippen LogP contribution < -0.4 is 16.0 Å². The van der Waals surface area contributed by atoms with E-state index in [2.05, 4.69) is 47.8 Å². The van der Waals surface area contributed by atoms with Crippen molar-refractivity contribution in [2.45, 2.75) is 16.9 Å². The highest BCUT2D eigenvalue weighted by molar-refractivity contribution is 9.11. The molecule has 0 aromatic heterocycles. The summed E-state index contributed by atoms with van der Waals surface area (Å²) in [6, 6.07) is 3.77. The number of carbonyl (C=O) groups excluding carboxylic acids is 1. The van der Waals surface area contributed by atoms with Crippen LogP contribution in [0.3, 0.4) is 0 Å². The van der Waals surface area contributed by atoms with Gasteiger partial charge < -0.3 is 16.0 Å². The van der Waals surface area contributed by atoms with Crippen LogP contribution in [0, 0.1) is 6.92 Å². The van der Waals surface area contributed by atoms with E-state index in [0.717, 1.165) is 20.2 Å². The van der Waals surface area contributed by atoms with Crippen LogP contribution in [0.1, 0.15) is 5.56 Å². The Kier molecular flexibility index (Phi) is 8.68. The topological polar surface area (TPSA) is 53.2 Å². The Morgan fingerprint density at radius 2 is 1.91 bits per heavy atom. The van der Waals surface area contributed by atoms with Crippen molar-refractivity contribution >= 4 is 107 Å². The van der Waals surface area contributed by atoms with E-state index in [1.54, 1.807) is 0 Å². The third-order valence-corrected chi connectivity index (χ3v) is 4.72. The van der Waals surface area contributed by atoms with Crippen LogP contribution >= 0.6 is 90.5 Å². The molecule has 0 aliphatic rings. The summed E-state index contributed by atoms with van der Waals surface area (Å²) in [6.45, 7) is 1.90. The third-order valence-electron chi connectivity index (χ3n) is 2.52. The average Bonchev–Trinajstić information content (AvgIpc) is 2.40. The number of aryl methyl sites for hydroxylation is 1. The minimum atomic E-state index is -1.82. The molecule has 0 bridgehead atoms. The highest BCUT2D eigenvalue weighted by Gasteiger charge is 2.34. The Bertz CT molecular complexity index is 589. The number of anilines is 1. The first kappa shape index (κ1) is 21.5. The summed E-state index contributed by atoms with van der Waals surface area (Å²) in [5.74, 6) is -0.768. The maximum atomic E-state index is 11.4. The van der Waals surface area contributed by atoms with Gasteiger partial charge >= 0.3 is 0 Å². The van der Waals surface area contributed by atoms with Crippen LogP contribution in [-0.2, 0) is 4.79 Å².